The number of hydrogen-bond donors (Lipinski definition) is 1. The van der Waals surface area contributed by atoms with Crippen molar-refractivity contribution in [1.29, 1.82) is 0 Å². The summed E-state index contributed by atoms with van der Waals surface area (Å²) in [5, 5.41) is 3.47. The van der Waals surface area contributed by atoms with Crippen molar-refractivity contribution < 1.29 is 19.1 Å². The number of ether oxygens (including phenoxy) is 2. The van der Waals surface area contributed by atoms with Gasteiger partial charge in [-0.3, -0.25) is 4.90 Å². The maximum Gasteiger partial charge on any atom is 0.411 e. The summed E-state index contributed by atoms with van der Waals surface area (Å²) in [6, 6.07) is 19.9. The topological polar surface area (TPSA) is 67.9 Å². The molecule has 1 N–H and O–H groups in total. The van der Waals surface area contributed by atoms with Crippen molar-refractivity contribution in [3.8, 4) is 0 Å². The molecule has 1 amide bonds. The minimum atomic E-state index is -0.681. The molecule has 0 bridgehead atoms. The maximum absolute atomic E-state index is 12.8. The van der Waals surface area contributed by atoms with Crippen LogP contribution in [0.3, 0.4) is 0 Å². The Balaban J connectivity index is 1.72. The molecule has 0 aromatic heterocycles. The lowest BCUT2D eigenvalue weighted by atomic mass is 9.87. The van der Waals surface area contributed by atoms with E-state index in [0.29, 0.717) is 19.4 Å². The Morgan fingerprint density at radius 3 is 2.12 bits per heavy atom. The summed E-state index contributed by atoms with van der Waals surface area (Å²) in [5.41, 5.74) is 2.63. The Morgan fingerprint density at radius 1 is 1.06 bits per heavy atom. The molecule has 1 saturated heterocycles. The Kier molecular flexibility index (Phi) is 8.37. The van der Waals surface area contributed by atoms with Crippen LogP contribution in [0.25, 0.3) is 0 Å². The van der Waals surface area contributed by atoms with E-state index in [1.54, 1.807) is 6.92 Å². The zero-order valence-electron chi connectivity index (χ0n) is 20.6. The normalized spacial score (nSPS) is 18.0. The van der Waals surface area contributed by atoms with Gasteiger partial charge in [0.25, 0.3) is 0 Å². The first-order valence-corrected chi connectivity index (χ1v) is 11.9. The molecule has 0 spiro atoms. The minimum absolute atomic E-state index is 0.123. The van der Waals surface area contributed by atoms with Crippen molar-refractivity contribution in [2.75, 3.05) is 13.2 Å². The fourth-order valence-corrected chi connectivity index (χ4v) is 4.32. The van der Waals surface area contributed by atoms with E-state index in [9.17, 15) is 9.59 Å². The number of benzene rings is 2. The van der Waals surface area contributed by atoms with E-state index in [2.05, 4.69) is 36.2 Å². The monoisotopic (exact) mass is 464 g/mol. The largest absolute Gasteiger partial charge is 0.464 e. The first-order chi connectivity index (χ1) is 16.2. The highest BCUT2D eigenvalue weighted by atomic mass is 16.6. The molecule has 0 aliphatic carbocycles. The number of hydrogen-bond acceptors (Lipinski definition) is 5. The molecule has 2 aromatic carbocycles. The number of carbonyl (C=O) groups excluding carboxylic acids is 2. The molecule has 2 aromatic rings. The number of allylic oxidation sites excluding steroid dienone is 1. The molecule has 0 saturated carbocycles. The lowest BCUT2D eigenvalue weighted by molar-refractivity contribution is -0.148. The van der Waals surface area contributed by atoms with Gasteiger partial charge < -0.3 is 14.8 Å². The van der Waals surface area contributed by atoms with Gasteiger partial charge in [0, 0.05) is 30.6 Å². The lowest BCUT2D eigenvalue weighted by Crippen LogP contribution is -2.44. The molecule has 0 unspecified atom stereocenters. The molecule has 6 nitrogen and oxygen atoms in total. The summed E-state index contributed by atoms with van der Waals surface area (Å²) in [7, 11) is 0. The van der Waals surface area contributed by atoms with Crippen molar-refractivity contribution in [3.05, 3.63) is 84.1 Å². The van der Waals surface area contributed by atoms with Gasteiger partial charge in [-0.2, -0.15) is 0 Å². The minimum Gasteiger partial charge on any atom is -0.464 e. The second-order valence-corrected chi connectivity index (χ2v) is 9.66. The number of esters is 1. The second kappa shape index (κ2) is 11.2. The van der Waals surface area contributed by atoms with E-state index in [4.69, 9.17) is 9.47 Å². The Morgan fingerprint density at radius 2 is 1.62 bits per heavy atom. The van der Waals surface area contributed by atoms with E-state index in [-0.39, 0.29) is 18.6 Å². The van der Waals surface area contributed by atoms with Crippen LogP contribution in [0, 0.1) is 0 Å². The van der Waals surface area contributed by atoms with Crippen LogP contribution in [0.1, 0.15) is 57.6 Å². The zero-order valence-corrected chi connectivity index (χ0v) is 20.6. The van der Waals surface area contributed by atoms with Crippen LogP contribution in [0.2, 0.25) is 0 Å². The zero-order chi connectivity index (χ0) is 24.7. The average molecular weight is 465 g/mol. The van der Waals surface area contributed by atoms with E-state index in [1.807, 2.05) is 57.2 Å². The quantitative estimate of drug-likeness (QED) is 0.540. The van der Waals surface area contributed by atoms with Gasteiger partial charge in [-0.05, 0) is 45.2 Å². The summed E-state index contributed by atoms with van der Waals surface area (Å²) < 4.78 is 10.8. The molecule has 1 aliphatic heterocycles. The van der Waals surface area contributed by atoms with E-state index in [1.165, 1.54) is 16.0 Å². The standard InChI is InChI=1S/C28H36N2O4/c1-6-33-26(31)25-18-23(19-30(25)27(32)34-28(3,4)5)29-20(2)17-24(21-13-9-7-10-14-21)22-15-11-8-12-16-22/h7-16,23-25,29H,2,6,17-19H2,1,3-5H3/t23-,25-/m0/s1. The van der Waals surface area contributed by atoms with Crippen LogP contribution in [0.5, 0.6) is 0 Å². The van der Waals surface area contributed by atoms with Crippen LogP contribution in [0.15, 0.2) is 72.9 Å². The Labute approximate surface area is 202 Å². The van der Waals surface area contributed by atoms with Crippen molar-refractivity contribution >= 4 is 12.1 Å². The van der Waals surface area contributed by atoms with Crippen LogP contribution in [-0.4, -0.2) is 47.8 Å². The SMILES string of the molecule is C=C(CC(c1ccccc1)c1ccccc1)N[C@H]1C[C@@H](C(=O)OCC)N(C(=O)OC(C)(C)C)C1. The Hall–Kier alpha value is -3.28. The first-order valence-electron chi connectivity index (χ1n) is 11.9. The van der Waals surface area contributed by atoms with Crippen molar-refractivity contribution in [3.63, 3.8) is 0 Å². The smallest absolute Gasteiger partial charge is 0.411 e. The number of likely N-dealkylation sites (tertiary alicyclic amines) is 1. The summed E-state index contributed by atoms with van der Waals surface area (Å²) >= 11 is 0. The molecule has 34 heavy (non-hydrogen) atoms. The molecule has 6 heteroatoms. The highest BCUT2D eigenvalue weighted by Crippen LogP contribution is 2.31. The molecule has 1 heterocycles. The van der Waals surface area contributed by atoms with Crippen LogP contribution >= 0.6 is 0 Å². The second-order valence-electron chi connectivity index (χ2n) is 9.66. The van der Waals surface area contributed by atoms with Gasteiger partial charge >= 0.3 is 12.1 Å². The van der Waals surface area contributed by atoms with Crippen LogP contribution in [0.4, 0.5) is 4.79 Å². The lowest BCUT2D eigenvalue weighted by Gasteiger charge is -2.27. The average Bonchev–Trinajstić information content (AvgIpc) is 3.22. The molecule has 3 rings (SSSR count). The fourth-order valence-electron chi connectivity index (χ4n) is 4.32. The summed E-state index contributed by atoms with van der Waals surface area (Å²) in [5.74, 6) is -0.263. The summed E-state index contributed by atoms with van der Waals surface area (Å²) in [4.78, 5) is 26.9. The molecule has 2 atom stereocenters. The van der Waals surface area contributed by atoms with Gasteiger partial charge in [0.15, 0.2) is 0 Å². The van der Waals surface area contributed by atoms with E-state index < -0.39 is 23.7 Å². The molecule has 1 fully saturated rings. The van der Waals surface area contributed by atoms with Gasteiger partial charge in [-0.25, -0.2) is 9.59 Å². The summed E-state index contributed by atoms with van der Waals surface area (Å²) in [6.07, 6.45) is 0.631. The molecule has 182 valence electrons. The van der Waals surface area contributed by atoms with Gasteiger partial charge in [-0.1, -0.05) is 67.2 Å². The van der Waals surface area contributed by atoms with Gasteiger partial charge in [0.05, 0.1) is 6.61 Å². The highest BCUT2D eigenvalue weighted by molar-refractivity contribution is 5.82. The van der Waals surface area contributed by atoms with Crippen LogP contribution in [-0.2, 0) is 14.3 Å². The van der Waals surface area contributed by atoms with Gasteiger partial charge in [-0.15, -0.1) is 0 Å². The van der Waals surface area contributed by atoms with Crippen molar-refractivity contribution in [1.82, 2.24) is 10.2 Å². The van der Waals surface area contributed by atoms with E-state index in [0.717, 1.165) is 5.70 Å². The predicted octanol–water partition coefficient (Wildman–Crippen LogP) is 5.25. The fraction of sp³-hybridized carbons (Fsp3) is 0.429. The molecule has 1 aliphatic rings. The maximum atomic E-state index is 12.8. The third kappa shape index (κ3) is 6.86. The number of amides is 1. The molecule has 0 radical (unpaired) electrons. The van der Waals surface area contributed by atoms with Crippen molar-refractivity contribution in [2.24, 2.45) is 0 Å². The van der Waals surface area contributed by atoms with Gasteiger partial charge in [0.1, 0.15) is 11.6 Å². The van der Waals surface area contributed by atoms with E-state index >= 15 is 0 Å². The van der Waals surface area contributed by atoms with Crippen LogP contribution < -0.4 is 5.32 Å². The molecular formula is C28H36N2O4. The third-order valence-electron chi connectivity index (χ3n) is 5.75. The molecular weight excluding hydrogens is 428 g/mol. The number of nitrogens with one attached hydrogen (secondary N) is 1. The number of carbonyl (C=O) groups is 2. The number of rotatable bonds is 8. The summed E-state index contributed by atoms with van der Waals surface area (Å²) in [6.45, 7) is 12.1. The number of nitrogens with zero attached hydrogens (tertiary/aromatic N) is 1. The first kappa shape index (κ1) is 25.3. The van der Waals surface area contributed by atoms with Gasteiger partial charge in [0.2, 0.25) is 0 Å². The van der Waals surface area contributed by atoms with Crippen molar-refractivity contribution in [2.45, 2.75) is 64.1 Å². The Bertz CT molecular complexity index is 929. The third-order valence-corrected chi connectivity index (χ3v) is 5.75. The highest BCUT2D eigenvalue weighted by Gasteiger charge is 2.42. The predicted molar refractivity (Wildman–Crippen MR) is 133 cm³/mol.